The Kier molecular flexibility index (Phi) is 4.79. The summed E-state index contributed by atoms with van der Waals surface area (Å²) in [5.74, 6) is 0.482. The quantitative estimate of drug-likeness (QED) is 0.793. The number of aliphatic carboxylic acids is 1. The number of rotatable bonds is 6. The van der Waals surface area contributed by atoms with Gasteiger partial charge in [-0.2, -0.15) is 0 Å². The van der Waals surface area contributed by atoms with E-state index in [0.29, 0.717) is 22.8 Å². The van der Waals surface area contributed by atoms with Crippen LogP contribution in [-0.2, 0) is 4.79 Å². The first-order chi connectivity index (χ1) is 8.53. The fourth-order valence-electron chi connectivity index (χ4n) is 1.64. The van der Waals surface area contributed by atoms with E-state index in [9.17, 15) is 4.79 Å². The minimum Gasteiger partial charge on any atom is -0.496 e. The number of carboxylic acid groups (broad SMARTS) is 1. The Balaban J connectivity index is 3.20. The van der Waals surface area contributed by atoms with Gasteiger partial charge in [0.05, 0.1) is 27.8 Å². The van der Waals surface area contributed by atoms with Crippen LogP contribution in [0.4, 0.5) is 0 Å². The van der Waals surface area contributed by atoms with E-state index in [4.69, 9.17) is 25.1 Å². The monoisotopic (exact) mass is 255 g/mol. The third-order valence-electron chi connectivity index (χ3n) is 2.53. The van der Waals surface area contributed by atoms with Crippen molar-refractivity contribution in [1.82, 2.24) is 0 Å². The molecule has 1 aromatic rings. The Morgan fingerprint density at radius 3 is 2.11 bits per heavy atom. The smallest absolute Gasteiger partial charge is 0.305 e. The molecule has 0 aliphatic heterocycles. The molecule has 0 heterocycles. The molecule has 100 valence electrons. The van der Waals surface area contributed by atoms with Gasteiger partial charge in [-0.05, 0) is 6.07 Å². The van der Waals surface area contributed by atoms with Crippen LogP contribution in [0.2, 0.25) is 0 Å². The lowest BCUT2D eigenvalue weighted by atomic mass is 10.0. The van der Waals surface area contributed by atoms with E-state index in [-0.39, 0.29) is 6.42 Å². The summed E-state index contributed by atoms with van der Waals surface area (Å²) in [6.45, 7) is 0. The molecule has 18 heavy (non-hydrogen) atoms. The van der Waals surface area contributed by atoms with Crippen LogP contribution in [0.15, 0.2) is 12.1 Å². The van der Waals surface area contributed by atoms with Crippen LogP contribution >= 0.6 is 0 Å². The molecular weight excluding hydrogens is 238 g/mol. The Hall–Kier alpha value is -1.95. The third kappa shape index (κ3) is 3.04. The molecule has 0 aliphatic rings. The number of hydrogen-bond acceptors (Lipinski definition) is 5. The van der Waals surface area contributed by atoms with Crippen molar-refractivity contribution in [2.24, 2.45) is 5.73 Å². The number of benzene rings is 1. The topological polar surface area (TPSA) is 91.0 Å². The number of carbonyl (C=O) groups is 1. The fourth-order valence-corrected chi connectivity index (χ4v) is 1.64. The predicted molar refractivity (Wildman–Crippen MR) is 65.3 cm³/mol. The average molecular weight is 255 g/mol. The molecular formula is C12H17NO5. The van der Waals surface area contributed by atoms with Gasteiger partial charge in [0.1, 0.15) is 5.75 Å². The van der Waals surface area contributed by atoms with Crippen LogP contribution in [0.5, 0.6) is 17.2 Å². The molecule has 0 radical (unpaired) electrons. The van der Waals surface area contributed by atoms with E-state index < -0.39 is 12.0 Å². The second kappa shape index (κ2) is 6.11. The maximum atomic E-state index is 10.7. The van der Waals surface area contributed by atoms with Gasteiger partial charge < -0.3 is 25.1 Å². The van der Waals surface area contributed by atoms with Crippen molar-refractivity contribution in [1.29, 1.82) is 0 Å². The molecule has 0 saturated carbocycles. The molecule has 0 saturated heterocycles. The SMILES string of the molecule is COc1cc(OC)c(C(N)CC(=O)O)cc1OC. The summed E-state index contributed by atoms with van der Waals surface area (Å²) in [6, 6.07) is 2.58. The lowest BCUT2D eigenvalue weighted by Gasteiger charge is -2.17. The molecule has 1 atom stereocenters. The summed E-state index contributed by atoms with van der Waals surface area (Å²) in [6.07, 6.45) is -0.189. The van der Waals surface area contributed by atoms with Crippen molar-refractivity contribution in [2.75, 3.05) is 21.3 Å². The zero-order valence-electron chi connectivity index (χ0n) is 10.6. The molecule has 0 aliphatic carbocycles. The van der Waals surface area contributed by atoms with Crippen LogP contribution < -0.4 is 19.9 Å². The first-order valence-corrected chi connectivity index (χ1v) is 5.30. The Bertz CT molecular complexity index is 433. The summed E-state index contributed by atoms with van der Waals surface area (Å²) in [5, 5.41) is 8.76. The average Bonchev–Trinajstić information content (AvgIpc) is 2.36. The molecule has 6 heteroatoms. The second-order valence-corrected chi connectivity index (χ2v) is 3.65. The highest BCUT2D eigenvalue weighted by atomic mass is 16.5. The van der Waals surface area contributed by atoms with Crippen LogP contribution in [0, 0.1) is 0 Å². The second-order valence-electron chi connectivity index (χ2n) is 3.65. The van der Waals surface area contributed by atoms with Crippen LogP contribution in [0.3, 0.4) is 0 Å². The Morgan fingerprint density at radius 2 is 1.67 bits per heavy atom. The van der Waals surface area contributed by atoms with Gasteiger partial charge in [-0.3, -0.25) is 4.79 Å². The molecule has 0 aromatic heterocycles. The maximum Gasteiger partial charge on any atom is 0.305 e. The molecule has 1 aromatic carbocycles. The summed E-state index contributed by atoms with van der Waals surface area (Å²) in [4.78, 5) is 10.7. The highest BCUT2D eigenvalue weighted by Crippen LogP contribution is 2.37. The molecule has 6 nitrogen and oxygen atoms in total. The fraction of sp³-hybridized carbons (Fsp3) is 0.417. The zero-order chi connectivity index (χ0) is 13.7. The first kappa shape index (κ1) is 14.1. The Morgan fingerprint density at radius 1 is 1.17 bits per heavy atom. The number of ether oxygens (including phenoxy) is 3. The van der Waals surface area contributed by atoms with Gasteiger partial charge >= 0.3 is 5.97 Å². The molecule has 1 rings (SSSR count). The minimum atomic E-state index is -0.973. The van der Waals surface area contributed by atoms with Gasteiger partial charge in [0.25, 0.3) is 0 Å². The molecule has 0 bridgehead atoms. The largest absolute Gasteiger partial charge is 0.496 e. The van der Waals surface area contributed by atoms with Gasteiger partial charge in [-0.15, -0.1) is 0 Å². The number of methoxy groups -OCH3 is 3. The van der Waals surface area contributed by atoms with E-state index in [1.54, 1.807) is 12.1 Å². The van der Waals surface area contributed by atoms with Gasteiger partial charge in [-0.1, -0.05) is 0 Å². The number of hydrogen-bond donors (Lipinski definition) is 2. The van der Waals surface area contributed by atoms with E-state index >= 15 is 0 Å². The van der Waals surface area contributed by atoms with Crippen molar-refractivity contribution in [3.05, 3.63) is 17.7 Å². The summed E-state index contributed by atoms with van der Waals surface area (Å²) in [5.41, 5.74) is 6.40. The lowest BCUT2D eigenvalue weighted by molar-refractivity contribution is -0.137. The highest BCUT2D eigenvalue weighted by Gasteiger charge is 2.19. The van der Waals surface area contributed by atoms with Gasteiger partial charge in [0.15, 0.2) is 11.5 Å². The summed E-state index contributed by atoms with van der Waals surface area (Å²) in [7, 11) is 4.49. The Labute approximate surface area is 105 Å². The van der Waals surface area contributed by atoms with Gasteiger partial charge in [0.2, 0.25) is 0 Å². The molecule has 0 fully saturated rings. The number of carboxylic acids is 1. The van der Waals surface area contributed by atoms with Crippen molar-refractivity contribution in [3.63, 3.8) is 0 Å². The normalized spacial score (nSPS) is 11.8. The summed E-state index contributed by atoms with van der Waals surface area (Å²) >= 11 is 0. The van der Waals surface area contributed by atoms with E-state index in [1.807, 2.05) is 0 Å². The predicted octanol–water partition coefficient (Wildman–Crippen LogP) is 1.19. The van der Waals surface area contributed by atoms with Gasteiger partial charge in [0, 0.05) is 17.7 Å². The van der Waals surface area contributed by atoms with Crippen molar-refractivity contribution in [3.8, 4) is 17.2 Å². The maximum absolute atomic E-state index is 10.7. The zero-order valence-corrected chi connectivity index (χ0v) is 10.6. The van der Waals surface area contributed by atoms with Crippen molar-refractivity contribution < 1.29 is 24.1 Å². The van der Waals surface area contributed by atoms with E-state index in [1.165, 1.54) is 21.3 Å². The van der Waals surface area contributed by atoms with Crippen LogP contribution in [0.25, 0.3) is 0 Å². The molecule has 0 spiro atoms. The highest BCUT2D eigenvalue weighted by molar-refractivity contribution is 5.68. The summed E-state index contributed by atoms with van der Waals surface area (Å²) < 4.78 is 15.5. The first-order valence-electron chi connectivity index (χ1n) is 5.30. The lowest BCUT2D eigenvalue weighted by Crippen LogP contribution is -2.16. The van der Waals surface area contributed by atoms with Crippen LogP contribution in [-0.4, -0.2) is 32.4 Å². The van der Waals surface area contributed by atoms with E-state index in [0.717, 1.165) is 0 Å². The third-order valence-corrected chi connectivity index (χ3v) is 2.53. The van der Waals surface area contributed by atoms with Gasteiger partial charge in [-0.25, -0.2) is 0 Å². The van der Waals surface area contributed by atoms with Crippen molar-refractivity contribution >= 4 is 5.97 Å². The molecule has 1 unspecified atom stereocenters. The van der Waals surface area contributed by atoms with E-state index in [2.05, 4.69) is 0 Å². The van der Waals surface area contributed by atoms with Crippen LogP contribution in [0.1, 0.15) is 18.0 Å². The standard InChI is InChI=1S/C12H17NO5/c1-16-9-6-11(18-3)10(17-2)4-7(9)8(13)5-12(14)15/h4,6,8H,5,13H2,1-3H3,(H,14,15). The van der Waals surface area contributed by atoms with Crippen molar-refractivity contribution in [2.45, 2.75) is 12.5 Å². The molecule has 0 amide bonds. The minimum absolute atomic E-state index is 0.189. The number of nitrogens with two attached hydrogens (primary N) is 1. The molecule has 3 N–H and O–H groups in total.